The third-order valence-electron chi connectivity index (χ3n) is 3.17. The van der Waals surface area contributed by atoms with Gasteiger partial charge in [-0.05, 0) is 29.8 Å². The molecule has 1 radical (unpaired) electrons. The molecule has 0 heterocycles. The van der Waals surface area contributed by atoms with E-state index in [1.807, 2.05) is 60.7 Å². The zero-order valence-corrected chi connectivity index (χ0v) is 11.9. The molecule has 0 spiro atoms. The van der Waals surface area contributed by atoms with Crippen molar-refractivity contribution in [3.63, 3.8) is 0 Å². The molecule has 3 rings (SSSR count). The zero-order valence-electron chi connectivity index (χ0n) is 11.9. The van der Waals surface area contributed by atoms with E-state index in [0.29, 0.717) is 12.3 Å². The molecule has 0 amide bonds. The fourth-order valence-corrected chi connectivity index (χ4v) is 2.09. The molecule has 0 aliphatic rings. The van der Waals surface area contributed by atoms with Crippen LogP contribution in [0.5, 0.6) is 5.75 Å². The van der Waals surface area contributed by atoms with Gasteiger partial charge in [-0.25, -0.2) is 4.39 Å². The highest BCUT2D eigenvalue weighted by atomic mass is 19.1. The molecular formula is C19H15FNO. The van der Waals surface area contributed by atoms with Crippen LogP contribution in [0.2, 0.25) is 0 Å². The van der Waals surface area contributed by atoms with Gasteiger partial charge in [0.05, 0.1) is 5.69 Å². The van der Waals surface area contributed by atoms with Gasteiger partial charge in [0.25, 0.3) is 0 Å². The Labute approximate surface area is 129 Å². The van der Waals surface area contributed by atoms with Crippen LogP contribution in [-0.4, -0.2) is 0 Å². The molecule has 22 heavy (non-hydrogen) atoms. The lowest BCUT2D eigenvalue weighted by Crippen LogP contribution is -2.01. The van der Waals surface area contributed by atoms with Gasteiger partial charge < -0.3 is 10.1 Å². The number of rotatable bonds is 5. The number of benzene rings is 3. The highest BCUT2D eigenvalue weighted by Gasteiger charge is 2.10. The third kappa shape index (κ3) is 3.44. The minimum atomic E-state index is -0.409. The Morgan fingerprint density at radius 2 is 1.59 bits per heavy atom. The molecule has 109 valence electrons. The molecule has 0 unspecified atom stereocenters. The van der Waals surface area contributed by atoms with Crippen LogP contribution in [0.3, 0.4) is 0 Å². The number of para-hydroxylation sites is 1. The molecular weight excluding hydrogens is 277 g/mol. The third-order valence-corrected chi connectivity index (χ3v) is 3.17. The molecule has 0 aliphatic heterocycles. The molecule has 0 bridgehead atoms. The Morgan fingerprint density at radius 3 is 2.32 bits per heavy atom. The van der Waals surface area contributed by atoms with Crippen LogP contribution in [-0.2, 0) is 6.61 Å². The summed E-state index contributed by atoms with van der Waals surface area (Å²) in [5, 5.41) is 3.13. The zero-order chi connectivity index (χ0) is 15.2. The van der Waals surface area contributed by atoms with E-state index in [9.17, 15) is 4.39 Å². The summed E-state index contributed by atoms with van der Waals surface area (Å²) in [7, 11) is 0. The van der Waals surface area contributed by atoms with Crippen molar-refractivity contribution in [2.24, 2.45) is 0 Å². The minimum Gasteiger partial charge on any atom is -0.484 e. The summed E-state index contributed by atoms with van der Waals surface area (Å²) in [4.78, 5) is 0. The molecule has 0 fully saturated rings. The molecule has 2 nitrogen and oxygen atoms in total. The first-order valence-electron chi connectivity index (χ1n) is 7.02. The van der Waals surface area contributed by atoms with E-state index >= 15 is 0 Å². The quantitative estimate of drug-likeness (QED) is 0.718. The number of hydrogen-bond donors (Lipinski definition) is 1. The van der Waals surface area contributed by atoms with Gasteiger partial charge in [-0.2, -0.15) is 0 Å². The normalized spacial score (nSPS) is 10.2. The Bertz CT molecular complexity index is 729. The van der Waals surface area contributed by atoms with Crippen molar-refractivity contribution >= 4 is 11.4 Å². The van der Waals surface area contributed by atoms with Gasteiger partial charge in [-0.15, -0.1) is 0 Å². The topological polar surface area (TPSA) is 21.3 Å². The first-order valence-corrected chi connectivity index (χ1v) is 7.02. The van der Waals surface area contributed by atoms with E-state index in [0.717, 1.165) is 11.3 Å². The lowest BCUT2D eigenvalue weighted by molar-refractivity contribution is 0.292. The van der Waals surface area contributed by atoms with Gasteiger partial charge in [-0.3, -0.25) is 0 Å². The van der Waals surface area contributed by atoms with Crippen LogP contribution < -0.4 is 10.1 Å². The average Bonchev–Trinajstić information content (AvgIpc) is 2.56. The van der Waals surface area contributed by atoms with E-state index < -0.39 is 5.82 Å². The van der Waals surface area contributed by atoms with Crippen LogP contribution in [0.25, 0.3) is 0 Å². The van der Waals surface area contributed by atoms with Crippen LogP contribution in [0.1, 0.15) is 5.56 Å². The molecule has 1 N–H and O–H groups in total. The van der Waals surface area contributed by atoms with Crippen LogP contribution >= 0.6 is 0 Å². The smallest absolute Gasteiger partial charge is 0.179 e. The summed E-state index contributed by atoms with van der Waals surface area (Å²) in [6, 6.07) is 25.1. The lowest BCUT2D eigenvalue weighted by Gasteiger charge is -2.14. The van der Waals surface area contributed by atoms with Crippen molar-refractivity contribution < 1.29 is 9.13 Å². The van der Waals surface area contributed by atoms with Crippen LogP contribution in [0.4, 0.5) is 15.8 Å². The van der Waals surface area contributed by atoms with Gasteiger partial charge in [0, 0.05) is 11.8 Å². The summed E-state index contributed by atoms with van der Waals surface area (Å²) in [6.07, 6.45) is 0. The van der Waals surface area contributed by atoms with Crippen molar-refractivity contribution in [1.29, 1.82) is 0 Å². The number of anilines is 2. The summed E-state index contributed by atoms with van der Waals surface area (Å²) >= 11 is 0. The second-order valence-electron chi connectivity index (χ2n) is 4.80. The molecule has 0 saturated heterocycles. The maximum absolute atomic E-state index is 14.1. The largest absolute Gasteiger partial charge is 0.484 e. The fraction of sp³-hybridized carbons (Fsp3) is 0.0526. The molecule has 0 saturated carbocycles. The summed E-state index contributed by atoms with van der Waals surface area (Å²) in [5.41, 5.74) is 2.33. The van der Waals surface area contributed by atoms with Gasteiger partial charge in [-0.1, -0.05) is 48.5 Å². The Hall–Kier alpha value is -2.81. The molecule has 0 aromatic heterocycles. The standard InChI is InChI=1S/C19H15FNO/c20-17-12-7-13-18(21-16-10-5-2-6-11-16)19(17)22-14-15-8-3-1-4-9-15/h1-12,21H,14H2. The Morgan fingerprint density at radius 1 is 0.909 bits per heavy atom. The van der Waals surface area contributed by atoms with Crippen molar-refractivity contribution in [1.82, 2.24) is 0 Å². The fourth-order valence-electron chi connectivity index (χ4n) is 2.09. The molecule has 0 aliphatic carbocycles. The van der Waals surface area contributed by atoms with Crippen molar-refractivity contribution in [2.45, 2.75) is 6.61 Å². The van der Waals surface area contributed by atoms with Gasteiger partial charge in [0.1, 0.15) is 6.61 Å². The maximum Gasteiger partial charge on any atom is 0.179 e. The molecule has 3 aromatic rings. The van der Waals surface area contributed by atoms with Gasteiger partial charge in [0.15, 0.2) is 11.6 Å². The van der Waals surface area contributed by atoms with Gasteiger partial charge >= 0.3 is 0 Å². The second-order valence-corrected chi connectivity index (χ2v) is 4.80. The van der Waals surface area contributed by atoms with Crippen molar-refractivity contribution in [3.05, 3.63) is 90.2 Å². The number of halogens is 1. The second kappa shape index (κ2) is 6.76. The van der Waals surface area contributed by atoms with E-state index in [4.69, 9.17) is 4.74 Å². The summed E-state index contributed by atoms with van der Waals surface area (Å²) < 4.78 is 19.7. The van der Waals surface area contributed by atoms with Crippen LogP contribution in [0.15, 0.2) is 72.8 Å². The monoisotopic (exact) mass is 292 g/mol. The highest BCUT2D eigenvalue weighted by Crippen LogP contribution is 2.30. The van der Waals surface area contributed by atoms with E-state index in [1.54, 1.807) is 0 Å². The van der Waals surface area contributed by atoms with E-state index in [2.05, 4.69) is 11.4 Å². The number of ether oxygens (including phenoxy) is 1. The summed E-state index contributed by atoms with van der Waals surface area (Å²) in [6.45, 7) is 0.305. The first-order chi connectivity index (χ1) is 10.8. The molecule has 3 heteroatoms. The lowest BCUT2D eigenvalue weighted by atomic mass is 10.2. The van der Waals surface area contributed by atoms with E-state index in [1.165, 1.54) is 12.1 Å². The van der Waals surface area contributed by atoms with Gasteiger partial charge in [0.2, 0.25) is 0 Å². The summed E-state index contributed by atoms with van der Waals surface area (Å²) in [5.74, 6) is -0.233. The average molecular weight is 292 g/mol. The molecule has 0 atom stereocenters. The van der Waals surface area contributed by atoms with Crippen LogP contribution in [0, 0.1) is 11.9 Å². The number of hydrogen-bond acceptors (Lipinski definition) is 2. The Kier molecular flexibility index (Phi) is 4.35. The predicted octanol–water partition coefficient (Wildman–Crippen LogP) is 4.95. The SMILES string of the molecule is Fc1cc[c]c(Nc2ccccc2)c1OCc1ccccc1. The Balaban J connectivity index is 1.81. The van der Waals surface area contributed by atoms with E-state index in [-0.39, 0.29) is 5.75 Å². The van der Waals surface area contributed by atoms with Crippen molar-refractivity contribution in [3.8, 4) is 5.75 Å². The maximum atomic E-state index is 14.1. The first kappa shape index (κ1) is 14.1. The minimum absolute atomic E-state index is 0.176. The van der Waals surface area contributed by atoms with Crippen molar-refractivity contribution in [2.75, 3.05) is 5.32 Å². The predicted molar refractivity (Wildman–Crippen MR) is 85.7 cm³/mol. The highest BCUT2D eigenvalue weighted by molar-refractivity contribution is 5.65. The number of nitrogens with one attached hydrogen (secondary N) is 1. The molecule has 3 aromatic carbocycles.